The topological polar surface area (TPSA) is 39.9 Å². The number of pyridine rings is 1. The maximum Gasteiger partial charge on any atom is 1.00 e. The molecule has 1 aromatic heterocycles. The van der Waals surface area contributed by atoms with Crippen LogP contribution in [0.25, 0.3) is 11.8 Å². The summed E-state index contributed by atoms with van der Waals surface area (Å²) in [6.07, 6.45) is 68.1. The van der Waals surface area contributed by atoms with Crippen molar-refractivity contribution in [2.75, 3.05) is 25.4 Å². The molecule has 0 aliphatic heterocycles. The number of fused-ring (bicyclic) bond motifs is 1. The van der Waals surface area contributed by atoms with E-state index in [2.05, 4.69) is 158 Å². The van der Waals surface area contributed by atoms with Crippen LogP contribution in [0.4, 0.5) is 5.69 Å². The van der Waals surface area contributed by atoms with E-state index in [0.29, 0.717) is 11.6 Å². The molecule has 0 radical (unpaired) electrons. The molecule has 1 N–H and O–H groups in total. The molecule has 1 heterocycles. The molecule has 0 saturated heterocycles. The van der Waals surface area contributed by atoms with Crippen LogP contribution in [0, 0.1) is 18.9 Å². The van der Waals surface area contributed by atoms with Crippen molar-refractivity contribution in [3.63, 3.8) is 0 Å². The van der Waals surface area contributed by atoms with Gasteiger partial charge < -0.3 is 22.5 Å². The molecule has 0 amide bonds. The number of hydrogen-bond donors (Lipinski definition) is 1. The van der Waals surface area contributed by atoms with Gasteiger partial charge in [0.15, 0.2) is 0 Å². The Morgan fingerprint density at radius 2 is 0.872 bits per heavy atom. The fourth-order valence-electron chi connectivity index (χ4n) is 9.24. The van der Waals surface area contributed by atoms with Crippen LogP contribution in [-0.4, -0.2) is 35.3 Å². The van der Waals surface area contributed by atoms with E-state index in [0.717, 1.165) is 48.4 Å². The molecule has 5 heteroatoms. The first-order valence-electron chi connectivity index (χ1n) is 37.2. The van der Waals surface area contributed by atoms with Crippen LogP contribution in [0.5, 0.6) is 0 Å². The summed E-state index contributed by atoms with van der Waals surface area (Å²) < 4.78 is 0. The average Bonchev–Trinajstić information content (AvgIpc) is 3.50. The van der Waals surface area contributed by atoms with Gasteiger partial charge in [-0.1, -0.05) is 324 Å². The van der Waals surface area contributed by atoms with Gasteiger partial charge in [-0.05, 0) is 122 Å². The number of aryl methyl sites for hydroxylation is 2. The predicted molar refractivity (Wildman–Crippen MR) is 405 cm³/mol. The molecule has 2 rings (SSSR count). The second-order valence-electron chi connectivity index (χ2n) is 24.3. The van der Waals surface area contributed by atoms with Crippen molar-refractivity contribution < 1.29 is 51.4 Å². The zero-order chi connectivity index (χ0) is 65.5. The second kappa shape index (κ2) is 95.7. The predicted octanol–water partition coefficient (Wildman–Crippen LogP) is 26.8. The molecule has 0 aromatic carbocycles. The molecule has 1 aliphatic carbocycles. The molecule has 0 bridgehead atoms. The number of thiol groups is 1. The Kier molecular flexibility index (Phi) is 113. The maximum absolute atomic E-state index is 7.89. The van der Waals surface area contributed by atoms with Crippen molar-refractivity contribution >= 4 is 24.4 Å². The van der Waals surface area contributed by atoms with Crippen LogP contribution in [-0.2, 0) is 12.8 Å². The number of nitrogens with zero attached hydrogens (tertiary/aromatic N) is 2. The zero-order valence-electron chi connectivity index (χ0n) is 62.2. The fraction of sp³-hybridized carbons (Fsp3) is 0.802. The van der Waals surface area contributed by atoms with Gasteiger partial charge >= 0.3 is 51.4 Å². The van der Waals surface area contributed by atoms with Crippen molar-refractivity contribution in [2.24, 2.45) is 5.92 Å². The molecule has 3 nitrogen and oxygen atoms in total. The van der Waals surface area contributed by atoms with Crippen molar-refractivity contribution in [1.82, 2.24) is 9.88 Å². The summed E-state index contributed by atoms with van der Waals surface area (Å²) in [6.45, 7) is 55.6. The Bertz CT molecular complexity index is 1340. The van der Waals surface area contributed by atoms with Crippen LogP contribution in [0.2, 0.25) is 0 Å². The number of aromatic nitrogens is 1. The van der Waals surface area contributed by atoms with Crippen LogP contribution in [0.1, 0.15) is 396 Å². The zero-order valence-corrected chi connectivity index (χ0v) is 66.3. The van der Waals surface area contributed by atoms with E-state index in [1.165, 1.54) is 300 Å². The quantitative estimate of drug-likeness (QED) is 0.0232. The largest absolute Gasteiger partial charge is 1.00 e. The maximum atomic E-state index is 7.89. The fourth-order valence-corrected chi connectivity index (χ4v) is 9.47. The van der Waals surface area contributed by atoms with Crippen LogP contribution in [0.3, 0.4) is 0 Å². The standard InChI is InChI=1S/C24H47N.C14H18N2.C10H20S.C9H20.2C8H18.C4H9.C2H6.C2H4.K/c1-6-25(21-17-13-9-7-11-15-19-23(2)3)22-18-14-10-8-12-16-20-24(4)5;1-2-3-4-9-14-12(15)10-11-7-5-6-8-13(11)16-14;1-2-3-4-5-6-7-8-9-10-11;1-3-5-7-9-8-6-4-2;2*1-3-5-7-8-6-4-2;1-4(2)3;2*1-2;/h2,4,6-22H2,1,3,5H3;5,7,15H,2-4,6,8-9H2,1H3;2,11H,1,3-10H2;3-9H2,1-2H3;2*3-8H2,1-2H3;4H,1H2,2-3H3;1-2H3;1-2H2;/q;-2;;;;;-1;;;+1. The SMILES string of the molecule is C=C.C=C(C)CCCCCCCCN(CC)CCCCCCCCC(=C)C.C=CCCCCCCCCS.CC.CCCCCCCC.CCCCCCCC.CCCCCCCCC.CCCCCc1nc2c([c-]c1[NH-])C=CCC2.[CH2-]C(C)C.[K+]. The molecular weight excluding hydrogens is 1090 g/mol. The summed E-state index contributed by atoms with van der Waals surface area (Å²) in [5.41, 5.74) is 14.1. The smallest absolute Gasteiger partial charge is 0.713 e. The third-order valence-electron chi connectivity index (χ3n) is 14.5. The summed E-state index contributed by atoms with van der Waals surface area (Å²) in [7, 11) is 0. The minimum absolute atomic E-state index is 0. The Morgan fingerprint density at radius 1 is 0.558 bits per heavy atom. The summed E-state index contributed by atoms with van der Waals surface area (Å²) in [5.74, 6) is 1.63. The van der Waals surface area contributed by atoms with E-state index in [4.69, 9.17) is 5.73 Å². The Morgan fingerprint density at radius 3 is 1.20 bits per heavy atom. The van der Waals surface area contributed by atoms with Gasteiger partial charge in [0.2, 0.25) is 0 Å². The number of hydrogen-bond acceptors (Lipinski definition) is 3. The van der Waals surface area contributed by atoms with Crippen LogP contribution < -0.4 is 51.4 Å². The van der Waals surface area contributed by atoms with E-state index in [9.17, 15) is 0 Å². The first-order chi connectivity index (χ1) is 41.3. The van der Waals surface area contributed by atoms with Gasteiger partial charge in [0, 0.05) is 0 Å². The Balaban J connectivity index is -0.000000145. The summed E-state index contributed by atoms with van der Waals surface area (Å²) in [4.78, 5) is 7.27. The molecule has 1 aliphatic rings. The Labute approximate surface area is 595 Å². The number of unbranched alkanes of at least 4 members (excludes halogenated alkanes) is 34. The molecule has 0 saturated carbocycles. The average molecular weight is 1250 g/mol. The molecule has 508 valence electrons. The monoisotopic (exact) mass is 1250 g/mol. The third-order valence-corrected chi connectivity index (χ3v) is 14.8. The van der Waals surface area contributed by atoms with Crippen molar-refractivity contribution in [2.45, 2.75) is 392 Å². The van der Waals surface area contributed by atoms with E-state index in [1.807, 2.05) is 26.0 Å². The van der Waals surface area contributed by atoms with Gasteiger partial charge in [-0.3, -0.25) is 0 Å². The van der Waals surface area contributed by atoms with Gasteiger partial charge in [-0.25, -0.2) is 5.69 Å². The molecule has 0 atom stereocenters. The van der Waals surface area contributed by atoms with Crippen molar-refractivity contribution in [3.05, 3.63) is 91.9 Å². The van der Waals surface area contributed by atoms with Crippen LogP contribution in [0.15, 0.2) is 56.2 Å². The second-order valence-corrected chi connectivity index (χ2v) is 24.8. The van der Waals surface area contributed by atoms with E-state index in [-0.39, 0.29) is 51.4 Å². The van der Waals surface area contributed by atoms with Gasteiger partial charge in [-0.15, -0.1) is 50.6 Å². The summed E-state index contributed by atoms with van der Waals surface area (Å²) in [5, 5.41) is 0. The van der Waals surface area contributed by atoms with Crippen molar-refractivity contribution in [1.29, 1.82) is 0 Å². The van der Waals surface area contributed by atoms with Crippen LogP contribution >= 0.6 is 12.6 Å². The summed E-state index contributed by atoms with van der Waals surface area (Å²) >= 11 is 4.17. The number of rotatable bonds is 47. The minimum Gasteiger partial charge on any atom is -0.713 e. The first-order valence-corrected chi connectivity index (χ1v) is 37.8. The molecule has 0 fully saturated rings. The van der Waals surface area contributed by atoms with E-state index >= 15 is 0 Å². The van der Waals surface area contributed by atoms with E-state index in [1.54, 1.807) is 0 Å². The normalized spacial score (nSPS) is 10.5. The number of allylic oxidation sites excluding steroid dienone is 4. The molecular formula is C81H160KN3S-2. The molecule has 0 spiro atoms. The molecule has 1 aromatic rings. The molecule has 86 heavy (non-hydrogen) atoms. The van der Waals surface area contributed by atoms with Gasteiger partial charge in [0.25, 0.3) is 0 Å². The van der Waals surface area contributed by atoms with Gasteiger partial charge in [0.1, 0.15) is 0 Å². The molecule has 0 unspecified atom stereocenters. The number of nitrogens with one attached hydrogen (secondary N) is 1. The first kappa shape index (κ1) is 102. The summed E-state index contributed by atoms with van der Waals surface area (Å²) in [6, 6.07) is 3.14. The van der Waals surface area contributed by atoms with Gasteiger partial charge in [0.05, 0.1) is 0 Å². The third kappa shape index (κ3) is 99.8. The van der Waals surface area contributed by atoms with E-state index < -0.39 is 0 Å². The van der Waals surface area contributed by atoms with Crippen molar-refractivity contribution in [3.8, 4) is 0 Å². The Hall–Kier alpha value is -0.404. The van der Waals surface area contributed by atoms with Gasteiger partial charge in [-0.2, -0.15) is 24.6 Å². The minimum atomic E-state index is 0.